The molecule has 1 aromatic heterocycles. The molecule has 0 amide bonds. The standard InChI is InChI=1S/C14H16N2O2/c1-17-12-6-2-10(3-7-12)14-13(16-9-18-14)8-15-11-4-5-11/h2-3,6-7,9,11,15H,4-5,8H2,1H3. The Balaban J connectivity index is 1.78. The van der Waals surface area contributed by atoms with Crippen LogP contribution in [0.1, 0.15) is 18.5 Å². The summed E-state index contributed by atoms with van der Waals surface area (Å²) in [5.74, 6) is 1.68. The molecular formula is C14H16N2O2. The summed E-state index contributed by atoms with van der Waals surface area (Å²) in [6, 6.07) is 8.50. The Hall–Kier alpha value is -1.81. The van der Waals surface area contributed by atoms with Crippen LogP contribution >= 0.6 is 0 Å². The fourth-order valence-corrected chi connectivity index (χ4v) is 1.90. The first-order chi connectivity index (χ1) is 8.86. The van der Waals surface area contributed by atoms with E-state index >= 15 is 0 Å². The number of methoxy groups -OCH3 is 1. The summed E-state index contributed by atoms with van der Waals surface area (Å²) >= 11 is 0. The van der Waals surface area contributed by atoms with Gasteiger partial charge in [0.15, 0.2) is 12.2 Å². The van der Waals surface area contributed by atoms with Gasteiger partial charge in [0.25, 0.3) is 0 Å². The summed E-state index contributed by atoms with van der Waals surface area (Å²) in [5, 5.41) is 3.44. The molecule has 1 saturated carbocycles. The van der Waals surface area contributed by atoms with Gasteiger partial charge in [-0.1, -0.05) is 0 Å². The van der Waals surface area contributed by atoms with Crippen LogP contribution in [0.2, 0.25) is 0 Å². The number of aromatic nitrogens is 1. The fourth-order valence-electron chi connectivity index (χ4n) is 1.90. The first-order valence-corrected chi connectivity index (χ1v) is 6.17. The molecule has 2 aromatic rings. The Morgan fingerprint density at radius 1 is 1.33 bits per heavy atom. The monoisotopic (exact) mass is 244 g/mol. The highest BCUT2D eigenvalue weighted by Gasteiger charge is 2.21. The third-order valence-electron chi connectivity index (χ3n) is 3.13. The van der Waals surface area contributed by atoms with E-state index in [9.17, 15) is 0 Å². The third-order valence-corrected chi connectivity index (χ3v) is 3.13. The molecule has 1 aliphatic carbocycles. The van der Waals surface area contributed by atoms with E-state index in [1.165, 1.54) is 19.2 Å². The molecule has 94 valence electrons. The lowest BCUT2D eigenvalue weighted by atomic mass is 10.1. The third kappa shape index (κ3) is 2.38. The van der Waals surface area contributed by atoms with Crippen molar-refractivity contribution in [3.8, 4) is 17.1 Å². The van der Waals surface area contributed by atoms with E-state index in [0.29, 0.717) is 6.04 Å². The Kier molecular flexibility index (Phi) is 3.02. The van der Waals surface area contributed by atoms with Crippen molar-refractivity contribution in [3.05, 3.63) is 36.4 Å². The first-order valence-electron chi connectivity index (χ1n) is 6.17. The van der Waals surface area contributed by atoms with Gasteiger partial charge in [-0.2, -0.15) is 0 Å². The minimum Gasteiger partial charge on any atom is -0.497 e. The topological polar surface area (TPSA) is 47.3 Å². The van der Waals surface area contributed by atoms with Crippen molar-refractivity contribution in [3.63, 3.8) is 0 Å². The molecule has 1 fully saturated rings. The van der Waals surface area contributed by atoms with Gasteiger partial charge in [0.2, 0.25) is 0 Å². The van der Waals surface area contributed by atoms with Gasteiger partial charge in [-0.05, 0) is 37.1 Å². The Morgan fingerprint density at radius 3 is 2.78 bits per heavy atom. The highest BCUT2D eigenvalue weighted by atomic mass is 16.5. The second-order valence-corrected chi connectivity index (χ2v) is 4.51. The predicted octanol–water partition coefficient (Wildman–Crippen LogP) is 2.60. The van der Waals surface area contributed by atoms with Crippen LogP contribution in [-0.4, -0.2) is 18.1 Å². The number of hydrogen-bond donors (Lipinski definition) is 1. The SMILES string of the molecule is COc1ccc(-c2ocnc2CNC2CC2)cc1. The molecule has 3 rings (SSSR count). The zero-order valence-electron chi connectivity index (χ0n) is 10.3. The van der Waals surface area contributed by atoms with E-state index in [4.69, 9.17) is 9.15 Å². The number of nitrogens with zero attached hydrogens (tertiary/aromatic N) is 1. The number of benzene rings is 1. The molecule has 0 radical (unpaired) electrons. The highest BCUT2D eigenvalue weighted by molar-refractivity contribution is 5.60. The zero-order chi connectivity index (χ0) is 12.4. The number of hydrogen-bond acceptors (Lipinski definition) is 4. The predicted molar refractivity (Wildman–Crippen MR) is 68.4 cm³/mol. The van der Waals surface area contributed by atoms with Gasteiger partial charge < -0.3 is 14.5 Å². The molecule has 0 spiro atoms. The van der Waals surface area contributed by atoms with Crippen molar-refractivity contribution in [2.45, 2.75) is 25.4 Å². The fraction of sp³-hybridized carbons (Fsp3) is 0.357. The molecule has 1 heterocycles. The van der Waals surface area contributed by atoms with Crippen LogP contribution < -0.4 is 10.1 Å². The van der Waals surface area contributed by atoms with E-state index in [0.717, 1.165) is 29.3 Å². The maximum atomic E-state index is 5.48. The molecule has 0 unspecified atom stereocenters. The molecule has 1 aromatic carbocycles. The lowest BCUT2D eigenvalue weighted by molar-refractivity contribution is 0.415. The molecule has 18 heavy (non-hydrogen) atoms. The van der Waals surface area contributed by atoms with Crippen molar-refractivity contribution < 1.29 is 9.15 Å². The van der Waals surface area contributed by atoms with E-state index in [-0.39, 0.29) is 0 Å². The van der Waals surface area contributed by atoms with Crippen LogP contribution in [0.25, 0.3) is 11.3 Å². The lowest BCUT2D eigenvalue weighted by Crippen LogP contribution is -2.15. The summed E-state index contributed by atoms with van der Waals surface area (Å²) in [6.45, 7) is 0.766. The van der Waals surface area contributed by atoms with Crippen molar-refractivity contribution in [2.24, 2.45) is 0 Å². The molecular weight excluding hydrogens is 228 g/mol. The molecule has 0 saturated heterocycles. The van der Waals surface area contributed by atoms with E-state index in [2.05, 4.69) is 10.3 Å². The van der Waals surface area contributed by atoms with Crippen LogP contribution in [0, 0.1) is 0 Å². The molecule has 0 aliphatic heterocycles. The average Bonchev–Trinajstić information content (AvgIpc) is 3.14. The maximum Gasteiger partial charge on any atom is 0.181 e. The molecule has 1 N–H and O–H groups in total. The van der Waals surface area contributed by atoms with Crippen LogP contribution in [0.4, 0.5) is 0 Å². The normalized spacial score (nSPS) is 14.7. The maximum absolute atomic E-state index is 5.48. The van der Waals surface area contributed by atoms with Gasteiger partial charge in [-0.3, -0.25) is 0 Å². The molecule has 0 atom stereocenters. The smallest absolute Gasteiger partial charge is 0.181 e. The second kappa shape index (κ2) is 4.82. The summed E-state index contributed by atoms with van der Waals surface area (Å²) in [4.78, 5) is 4.27. The largest absolute Gasteiger partial charge is 0.497 e. The van der Waals surface area contributed by atoms with E-state index in [1.807, 2.05) is 24.3 Å². The minimum atomic E-state index is 0.672. The second-order valence-electron chi connectivity index (χ2n) is 4.51. The Morgan fingerprint density at radius 2 is 2.11 bits per heavy atom. The van der Waals surface area contributed by atoms with Crippen LogP contribution in [0.3, 0.4) is 0 Å². The number of nitrogens with one attached hydrogen (secondary N) is 1. The molecule has 4 nitrogen and oxygen atoms in total. The lowest BCUT2D eigenvalue weighted by Gasteiger charge is -2.04. The van der Waals surface area contributed by atoms with Crippen LogP contribution in [0.15, 0.2) is 35.1 Å². The van der Waals surface area contributed by atoms with Gasteiger partial charge in [-0.25, -0.2) is 4.98 Å². The van der Waals surface area contributed by atoms with Gasteiger partial charge in [0.05, 0.1) is 7.11 Å². The Bertz CT molecular complexity index is 515. The average molecular weight is 244 g/mol. The summed E-state index contributed by atoms with van der Waals surface area (Å²) in [5.41, 5.74) is 1.99. The van der Waals surface area contributed by atoms with Crippen molar-refractivity contribution in [2.75, 3.05) is 7.11 Å². The van der Waals surface area contributed by atoms with Gasteiger partial charge >= 0.3 is 0 Å². The molecule has 1 aliphatic rings. The Labute approximate surface area is 106 Å². The summed E-state index contributed by atoms with van der Waals surface area (Å²) in [7, 11) is 1.66. The van der Waals surface area contributed by atoms with Crippen molar-refractivity contribution in [1.29, 1.82) is 0 Å². The van der Waals surface area contributed by atoms with Crippen LogP contribution in [0.5, 0.6) is 5.75 Å². The van der Waals surface area contributed by atoms with Gasteiger partial charge in [0, 0.05) is 18.2 Å². The number of rotatable bonds is 5. The van der Waals surface area contributed by atoms with Crippen molar-refractivity contribution in [1.82, 2.24) is 10.3 Å². The van der Waals surface area contributed by atoms with Crippen LogP contribution in [-0.2, 0) is 6.54 Å². The van der Waals surface area contributed by atoms with Gasteiger partial charge in [0.1, 0.15) is 11.4 Å². The van der Waals surface area contributed by atoms with E-state index in [1.54, 1.807) is 7.11 Å². The van der Waals surface area contributed by atoms with Crippen molar-refractivity contribution >= 4 is 0 Å². The molecule has 4 heteroatoms. The quantitative estimate of drug-likeness (QED) is 0.878. The number of oxazole rings is 1. The highest BCUT2D eigenvalue weighted by Crippen LogP contribution is 2.26. The molecule has 0 bridgehead atoms. The first kappa shape index (κ1) is 11.3. The minimum absolute atomic E-state index is 0.672. The number of ether oxygens (including phenoxy) is 1. The van der Waals surface area contributed by atoms with Gasteiger partial charge in [-0.15, -0.1) is 0 Å². The van der Waals surface area contributed by atoms with E-state index < -0.39 is 0 Å². The summed E-state index contributed by atoms with van der Waals surface area (Å²) < 4.78 is 10.6. The summed E-state index contributed by atoms with van der Waals surface area (Å²) in [6.07, 6.45) is 4.05. The zero-order valence-corrected chi connectivity index (χ0v) is 10.3.